The summed E-state index contributed by atoms with van der Waals surface area (Å²) < 4.78 is 0. The van der Waals surface area contributed by atoms with Crippen molar-refractivity contribution in [3.05, 3.63) is 33.8 Å². The van der Waals surface area contributed by atoms with E-state index in [4.69, 9.17) is 29.6 Å². The van der Waals surface area contributed by atoms with Gasteiger partial charge in [0.1, 0.15) is 0 Å². The molecule has 1 unspecified atom stereocenters. The largest absolute Gasteiger partial charge is 0.338 e. The van der Waals surface area contributed by atoms with Crippen LogP contribution in [-0.4, -0.2) is 11.9 Å². The van der Waals surface area contributed by atoms with Gasteiger partial charge in [-0.2, -0.15) is 0 Å². The molecular weight excluding hydrogens is 257 g/mol. The summed E-state index contributed by atoms with van der Waals surface area (Å²) in [6.45, 7) is 2.00. The summed E-state index contributed by atoms with van der Waals surface area (Å²) in [6, 6.07) is 4.63. The number of benzene rings is 1. The number of carbonyl (C=O) groups is 1. The third-order valence-corrected chi connectivity index (χ3v) is 2.90. The zero-order valence-corrected chi connectivity index (χ0v) is 11.0. The summed E-state index contributed by atoms with van der Waals surface area (Å²) in [5, 5.41) is 3.36. The lowest BCUT2D eigenvalue weighted by atomic mass is 10.1. The first kappa shape index (κ1) is 13.9. The minimum absolute atomic E-state index is 0.271. The molecule has 0 saturated heterocycles. The molecule has 0 bridgehead atoms. The van der Waals surface area contributed by atoms with Crippen LogP contribution in [0, 0.1) is 12.3 Å². The first-order chi connectivity index (χ1) is 8.10. The Morgan fingerprint density at radius 3 is 2.53 bits per heavy atom. The Morgan fingerprint density at radius 1 is 1.47 bits per heavy atom. The van der Waals surface area contributed by atoms with Gasteiger partial charge in [-0.05, 0) is 18.6 Å². The normalized spacial score (nSPS) is 11.6. The number of nitrogens with one attached hydrogen (secondary N) is 1. The molecule has 1 N–H and O–H groups in total. The van der Waals surface area contributed by atoms with Crippen molar-refractivity contribution in [2.75, 3.05) is 0 Å². The first-order valence-electron chi connectivity index (χ1n) is 5.31. The molecule has 0 radical (unpaired) electrons. The summed E-state index contributed by atoms with van der Waals surface area (Å²) in [5.41, 5.74) is 0.271. The van der Waals surface area contributed by atoms with E-state index in [1.165, 1.54) is 0 Å². The number of hydrogen-bond acceptors (Lipinski definition) is 1. The Labute approximate surface area is 111 Å². The molecule has 1 aromatic rings. The maximum Gasteiger partial charge on any atom is 0.255 e. The van der Waals surface area contributed by atoms with E-state index in [9.17, 15) is 4.79 Å². The molecule has 0 aromatic heterocycles. The van der Waals surface area contributed by atoms with Crippen LogP contribution in [0.1, 0.15) is 30.1 Å². The van der Waals surface area contributed by atoms with E-state index in [0.717, 1.165) is 12.8 Å². The van der Waals surface area contributed by atoms with E-state index in [-0.39, 0.29) is 17.5 Å². The summed E-state index contributed by atoms with van der Waals surface area (Å²) in [6.07, 6.45) is 6.95. The van der Waals surface area contributed by atoms with Crippen LogP contribution in [0.2, 0.25) is 10.0 Å². The average Bonchev–Trinajstić information content (AvgIpc) is 2.28. The standard InChI is InChI=1S/C13H13Cl2NO/c1-3-6-9(4-2)16-13(17)12-10(14)7-5-8-11(12)15/h2,5,7-9H,3,6H2,1H3,(H,16,17). The number of rotatable bonds is 4. The third-order valence-electron chi connectivity index (χ3n) is 2.27. The molecule has 17 heavy (non-hydrogen) atoms. The molecule has 1 aromatic carbocycles. The number of terminal acetylenes is 1. The molecule has 0 aliphatic rings. The second-order valence-corrected chi connectivity index (χ2v) is 4.39. The van der Waals surface area contributed by atoms with Crippen LogP contribution in [0.15, 0.2) is 18.2 Å². The van der Waals surface area contributed by atoms with Crippen LogP contribution >= 0.6 is 23.2 Å². The van der Waals surface area contributed by atoms with Crippen molar-refractivity contribution in [2.24, 2.45) is 0 Å². The van der Waals surface area contributed by atoms with Crippen molar-refractivity contribution in [3.8, 4) is 12.3 Å². The van der Waals surface area contributed by atoms with E-state index in [0.29, 0.717) is 10.0 Å². The van der Waals surface area contributed by atoms with Gasteiger partial charge >= 0.3 is 0 Å². The maximum absolute atomic E-state index is 12.0. The van der Waals surface area contributed by atoms with Crippen LogP contribution < -0.4 is 5.32 Å². The SMILES string of the molecule is C#CC(CCC)NC(=O)c1c(Cl)cccc1Cl. The monoisotopic (exact) mass is 269 g/mol. The minimum atomic E-state index is -0.336. The van der Waals surface area contributed by atoms with Gasteiger partial charge in [0.2, 0.25) is 0 Å². The molecule has 2 nitrogen and oxygen atoms in total. The fraction of sp³-hybridized carbons (Fsp3) is 0.308. The van der Waals surface area contributed by atoms with Gasteiger partial charge in [0, 0.05) is 0 Å². The topological polar surface area (TPSA) is 29.1 Å². The maximum atomic E-state index is 12.0. The fourth-order valence-corrected chi connectivity index (χ4v) is 2.00. The van der Waals surface area contributed by atoms with Crippen molar-refractivity contribution in [2.45, 2.75) is 25.8 Å². The lowest BCUT2D eigenvalue weighted by molar-refractivity contribution is 0.0944. The highest BCUT2D eigenvalue weighted by Gasteiger charge is 2.16. The van der Waals surface area contributed by atoms with Crippen molar-refractivity contribution < 1.29 is 4.79 Å². The van der Waals surface area contributed by atoms with Gasteiger partial charge in [-0.3, -0.25) is 4.79 Å². The molecule has 0 fully saturated rings. The quantitative estimate of drug-likeness (QED) is 0.833. The van der Waals surface area contributed by atoms with E-state index < -0.39 is 0 Å². The van der Waals surface area contributed by atoms with Gasteiger partial charge in [0.05, 0.1) is 21.7 Å². The Kier molecular flexibility index (Phi) is 5.34. The number of halogens is 2. The molecule has 4 heteroatoms. The average molecular weight is 270 g/mol. The molecule has 0 heterocycles. The molecule has 1 amide bonds. The predicted octanol–water partition coefficient (Wildman–Crippen LogP) is 3.53. The second-order valence-electron chi connectivity index (χ2n) is 3.58. The molecular formula is C13H13Cl2NO. The molecule has 0 saturated carbocycles. The van der Waals surface area contributed by atoms with Gasteiger partial charge in [0.15, 0.2) is 0 Å². The number of hydrogen-bond donors (Lipinski definition) is 1. The minimum Gasteiger partial charge on any atom is -0.338 e. The van der Waals surface area contributed by atoms with Crippen molar-refractivity contribution in [3.63, 3.8) is 0 Å². The van der Waals surface area contributed by atoms with E-state index in [1.807, 2.05) is 6.92 Å². The zero-order chi connectivity index (χ0) is 12.8. The van der Waals surface area contributed by atoms with Crippen molar-refractivity contribution >= 4 is 29.1 Å². The van der Waals surface area contributed by atoms with Gasteiger partial charge in [-0.25, -0.2) is 0 Å². The Balaban J connectivity index is 2.87. The van der Waals surface area contributed by atoms with Gasteiger partial charge in [-0.1, -0.05) is 48.5 Å². The van der Waals surface area contributed by atoms with Gasteiger partial charge in [0.25, 0.3) is 5.91 Å². The Bertz CT molecular complexity index is 431. The van der Waals surface area contributed by atoms with Gasteiger partial charge < -0.3 is 5.32 Å². The highest BCUT2D eigenvalue weighted by Crippen LogP contribution is 2.24. The smallest absolute Gasteiger partial charge is 0.255 e. The Hall–Kier alpha value is -1.17. The summed E-state index contributed by atoms with van der Waals surface area (Å²) in [5.74, 6) is 2.19. The molecule has 0 aliphatic carbocycles. The van der Waals surface area contributed by atoms with Crippen molar-refractivity contribution in [1.82, 2.24) is 5.32 Å². The molecule has 1 atom stereocenters. The number of amides is 1. The van der Waals surface area contributed by atoms with Crippen LogP contribution in [0.5, 0.6) is 0 Å². The van der Waals surface area contributed by atoms with Crippen LogP contribution in [0.25, 0.3) is 0 Å². The van der Waals surface area contributed by atoms with Crippen LogP contribution in [0.3, 0.4) is 0 Å². The first-order valence-corrected chi connectivity index (χ1v) is 6.06. The highest BCUT2D eigenvalue weighted by atomic mass is 35.5. The third kappa shape index (κ3) is 3.66. The van der Waals surface area contributed by atoms with E-state index in [1.54, 1.807) is 18.2 Å². The van der Waals surface area contributed by atoms with Crippen LogP contribution in [0.4, 0.5) is 0 Å². The summed E-state index contributed by atoms with van der Waals surface area (Å²) in [7, 11) is 0. The van der Waals surface area contributed by atoms with Gasteiger partial charge in [-0.15, -0.1) is 6.42 Å². The zero-order valence-electron chi connectivity index (χ0n) is 9.47. The highest BCUT2D eigenvalue weighted by molar-refractivity contribution is 6.39. The molecule has 0 aliphatic heterocycles. The number of carbonyl (C=O) groups excluding carboxylic acids is 1. The molecule has 0 spiro atoms. The van der Waals surface area contributed by atoms with Crippen LogP contribution in [-0.2, 0) is 0 Å². The summed E-state index contributed by atoms with van der Waals surface area (Å²) >= 11 is 11.9. The van der Waals surface area contributed by atoms with E-state index in [2.05, 4.69) is 11.2 Å². The lowest BCUT2D eigenvalue weighted by Crippen LogP contribution is -2.33. The second kappa shape index (κ2) is 6.54. The predicted molar refractivity (Wildman–Crippen MR) is 71.5 cm³/mol. The Morgan fingerprint density at radius 2 is 2.06 bits per heavy atom. The summed E-state index contributed by atoms with van der Waals surface area (Å²) in [4.78, 5) is 12.0. The molecule has 90 valence electrons. The van der Waals surface area contributed by atoms with Crippen molar-refractivity contribution in [1.29, 1.82) is 0 Å². The molecule has 1 rings (SSSR count). The lowest BCUT2D eigenvalue weighted by Gasteiger charge is -2.13. The van der Waals surface area contributed by atoms with E-state index >= 15 is 0 Å². The fourth-order valence-electron chi connectivity index (χ4n) is 1.43.